The Labute approximate surface area is 180 Å². The number of aryl methyl sites for hydroxylation is 1. The molecule has 1 fully saturated rings. The molecule has 0 aromatic heterocycles. The highest BCUT2D eigenvalue weighted by molar-refractivity contribution is 14.0. The van der Waals surface area contributed by atoms with Gasteiger partial charge in [-0.15, -0.1) is 24.0 Å². The van der Waals surface area contributed by atoms with E-state index >= 15 is 0 Å². The van der Waals surface area contributed by atoms with Crippen LogP contribution < -0.4 is 10.6 Å². The van der Waals surface area contributed by atoms with E-state index in [1.54, 1.807) is 20.0 Å². The summed E-state index contributed by atoms with van der Waals surface area (Å²) < 4.78 is 13.7. The second-order valence-corrected chi connectivity index (χ2v) is 7.23. The number of unbranched alkanes of at least 4 members (excludes halogenated alkanes) is 1. The van der Waals surface area contributed by atoms with Crippen LogP contribution in [0.3, 0.4) is 0 Å². The molecule has 0 amide bonds. The summed E-state index contributed by atoms with van der Waals surface area (Å²) in [6.45, 7) is 10.6. The number of guanidine groups is 1. The van der Waals surface area contributed by atoms with E-state index in [-0.39, 0.29) is 35.8 Å². The van der Waals surface area contributed by atoms with E-state index in [9.17, 15) is 4.39 Å². The second-order valence-electron chi connectivity index (χ2n) is 7.23. The van der Waals surface area contributed by atoms with Crippen LogP contribution in [0.4, 0.5) is 4.39 Å². The highest BCUT2D eigenvalue weighted by Gasteiger charge is 2.13. The van der Waals surface area contributed by atoms with Gasteiger partial charge in [0.25, 0.3) is 0 Å². The molecule has 154 valence electrons. The van der Waals surface area contributed by atoms with Gasteiger partial charge in [0.15, 0.2) is 5.96 Å². The molecule has 27 heavy (non-hydrogen) atoms. The van der Waals surface area contributed by atoms with Crippen LogP contribution in [-0.2, 0) is 0 Å². The van der Waals surface area contributed by atoms with Gasteiger partial charge < -0.3 is 20.4 Å². The zero-order valence-corrected chi connectivity index (χ0v) is 19.4. The molecule has 5 nitrogen and oxygen atoms in total. The van der Waals surface area contributed by atoms with E-state index in [2.05, 4.69) is 32.5 Å². The molecule has 1 aromatic carbocycles. The first-order valence-electron chi connectivity index (χ1n) is 9.63. The molecule has 2 rings (SSSR count). The first-order valence-corrected chi connectivity index (χ1v) is 9.63. The summed E-state index contributed by atoms with van der Waals surface area (Å²) in [5.41, 5.74) is 1.59. The number of likely N-dealkylation sites (N-methyl/N-ethyl adjacent to an activating group) is 1. The minimum absolute atomic E-state index is 0. The van der Waals surface area contributed by atoms with Crippen LogP contribution in [0.15, 0.2) is 23.2 Å². The van der Waals surface area contributed by atoms with E-state index in [1.165, 1.54) is 39.1 Å². The fourth-order valence-corrected chi connectivity index (χ4v) is 3.10. The van der Waals surface area contributed by atoms with Crippen molar-refractivity contribution >= 4 is 29.9 Å². The van der Waals surface area contributed by atoms with Crippen molar-refractivity contribution in [2.75, 3.05) is 53.4 Å². The van der Waals surface area contributed by atoms with Gasteiger partial charge in [-0.1, -0.05) is 12.1 Å². The van der Waals surface area contributed by atoms with E-state index in [0.717, 1.165) is 24.5 Å². The normalized spacial score (nSPS) is 17.3. The van der Waals surface area contributed by atoms with Crippen LogP contribution >= 0.6 is 24.0 Å². The number of nitrogens with zero attached hydrogens (tertiary/aromatic N) is 3. The smallest absolute Gasteiger partial charge is 0.191 e. The van der Waals surface area contributed by atoms with Gasteiger partial charge in [0.05, 0.1) is 6.04 Å². The third-order valence-electron chi connectivity index (χ3n) is 5.06. The van der Waals surface area contributed by atoms with Crippen LogP contribution in [0, 0.1) is 12.7 Å². The zero-order chi connectivity index (χ0) is 18.9. The summed E-state index contributed by atoms with van der Waals surface area (Å²) in [4.78, 5) is 9.20. The van der Waals surface area contributed by atoms with Crippen LogP contribution in [0.2, 0.25) is 0 Å². The largest absolute Gasteiger partial charge is 0.356 e. The van der Waals surface area contributed by atoms with Gasteiger partial charge in [-0.05, 0) is 57.5 Å². The topological polar surface area (TPSA) is 42.9 Å². The molecule has 1 saturated heterocycles. The molecule has 2 N–H and O–H groups in total. The second kappa shape index (κ2) is 12.5. The van der Waals surface area contributed by atoms with Crippen molar-refractivity contribution in [2.45, 2.75) is 32.7 Å². The number of halogens is 2. The Balaban J connectivity index is 0.00000364. The standard InChI is InChI=1S/C20H34FN5.HI/c1-16-7-8-18(15-19(16)21)17(2)24-20(22-3)23-9-5-6-10-26-13-11-25(4)12-14-26;/h7-8,15,17H,5-6,9-14H2,1-4H3,(H2,22,23,24);1H. The summed E-state index contributed by atoms with van der Waals surface area (Å²) in [6, 6.07) is 5.37. The highest BCUT2D eigenvalue weighted by atomic mass is 127. The molecule has 0 saturated carbocycles. The fraction of sp³-hybridized carbons (Fsp3) is 0.650. The number of aliphatic imine (C=N–C) groups is 1. The average molecular weight is 491 g/mol. The first kappa shape index (κ1) is 24.1. The lowest BCUT2D eigenvalue weighted by Gasteiger charge is -2.32. The Morgan fingerprint density at radius 3 is 2.56 bits per heavy atom. The number of rotatable bonds is 7. The predicted molar refractivity (Wildman–Crippen MR) is 123 cm³/mol. The van der Waals surface area contributed by atoms with Gasteiger partial charge in [-0.3, -0.25) is 4.99 Å². The zero-order valence-electron chi connectivity index (χ0n) is 17.1. The summed E-state index contributed by atoms with van der Waals surface area (Å²) in [7, 11) is 3.95. The number of hydrogen-bond donors (Lipinski definition) is 2. The van der Waals surface area contributed by atoms with Crippen molar-refractivity contribution in [1.82, 2.24) is 20.4 Å². The molecule has 1 heterocycles. The number of nitrogens with one attached hydrogen (secondary N) is 2. The minimum Gasteiger partial charge on any atom is -0.356 e. The fourth-order valence-electron chi connectivity index (χ4n) is 3.10. The maximum Gasteiger partial charge on any atom is 0.191 e. The maximum absolute atomic E-state index is 13.7. The molecule has 1 aliphatic rings. The van der Waals surface area contributed by atoms with Gasteiger partial charge in [-0.25, -0.2) is 4.39 Å². The van der Waals surface area contributed by atoms with Crippen molar-refractivity contribution < 1.29 is 4.39 Å². The lowest BCUT2D eigenvalue weighted by atomic mass is 10.1. The summed E-state index contributed by atoms with van der Waals surface area (Å²) >= 11 is 0. The molecule has 0 radical (unpaired) electrons. The lowest BCUT2D eigenvalue weighted by Crippen LogP contribution is -2.44. The SMILES string of the molecule is CN=C(NCCCCN1CCN(C)CC1)NC(C)c1ccc(C)c(F)c1.I. The molecule has 1 atom stereocenters. The van der Waals surface area contributed by atoms with Crippen molar-refractivity contribution in [2.24, 2.45) is 4.99 Å². The Hall–Kier alpha value is -0.930. The molecule has 1 unspecified atom stereocenters. The summed E-state index contributed by atoms with van der Waals surface area (Å²) in [5.74, 6) is 0.598. The van der Waals surface area contributed by atoms with Crippen LogP contribution in [-0.4, -0.2) is 69.1 Å². The number of benzene rings is 1. The summed E-state index contributed by atoms with van der Waals surface area (Å²) in [6.07, 6.45) is 2.30. The monoisotopic (exact) mass is 491 g/mol. The van der Waals surface area contributed by atoms with E-state index in [4.69, 9.17) is 0 Å². The van der Waals surface area contributed by atoms with Crippen LogP contribution in [0.25, 0.3) is 0 Å². The number of hydrogen-bond acceptors (Lipinski definition) is 3. The molecule has 0 bridgehead atoms. The molecular weight excluding hydrogens is 456 g/mol. The maximum atomic E-state index is 13.7. The van der Waals surface area contributed by atoms with Crippen molar-refractivity contribution in [3.8, 4) is 0 Å². The van der Waals surface area contributed by atoms with Crippen LogP contribution in [0.1, 0.15) is 36.9 Å². The van der Waals surface area contributed by atoms with Gasteiger partial charge in [0, 0.05) is 39.8 Å². The average Bonchev–Trinajstić information content (AvgIpc) is 2.64. The van der Waals surface area contributed by atoms with Crippen molar-refractivity contribution in [1.29, 1.82) is 0 Å². The molecule has 1 aliphatic heterocycles. The third-order valence-corrected chi connectivity index (χ3v) is 5.06. The van der Waals surface area contributed by atoms with Gasteiger partial charge in [-0.2, -0.15) is 0 Å². The first-order chi connectivity index (χ1) is 12.5. The van der Waals surface area contributed by atoms with Gasteiger partial charge in [0.1, 0.15) is 5.82 Å². The summed E-state index contributed by atoms with van der Waals surface area (Å²) in [5, 5.41) is 6.69. The third kappa shape index (κ3) is 8.31. The van der Waals surface area contributed by atoms with Crippen LogP contribution in [0.5, 0.6) is 0 Å². The molecule has 0 aliphatic carbocycles. The Bertz CT molecular complexity index is 588. The van der Waals surface area contributed by atoms with E-state index < -0.39 is 0 Å². The number of piperazine rings is 1. The quantitative estimate of drug-likeness (QED) is 0.267. The molecule has 0 spiro atoms. The molecule has 1 aromatic rings. The van der Waals surface area contributed by atoms with Gasteiger partial charge in [0.2, 0.25) is 0 Å². The Morgan fingerprint density at radius 1 is 1.22 bits per heavy atom. The highest BCUT2D eigenvalue weighted by Crippen LogP contribution is 2.16. The lowest BCUT2D eigenvalue weighted by molar-refractivity contribution is 0.152. The molecule has 7 heteroatoms. The Morgan fingerprint density at radius 2 is 1.93 bits per heavy atom. The predicted octanol–water partition coefficient (Wildman–Crippen LogP) is 3.01. The minimum atomic E-state index is -0.164. The van der Waals surface area contributed by atoms with E-state index in [0.29, 0.717) is 5.56 Å². The van der Waals surface area contributed by atoms with Crippen molar-refractivity contribution in [3.63, 3.8) is 0 Å². The van der Waals surface area contributed by atoms with E-state index in [1.807, 2.05) is 19.1 Å². The van der Waals surface area contributed by atoms with Crippen molar-refractivity contribution in [3.05, 3.63) is 35.1 Å². The van der Waals surface area contributed by atoms with Gasteiger partial charge >= 0.3 is 0 Å². The molecular formula is C20H35FIN5. The Kier molecular flexibility index (Phi) is 11.2.